The quantitative estimate of drug-likeness (QED) is 0.604. The van der Waals surface area contributed by atoms with Gasteiger partial charge in [0, 0.05) is 9.26 Å². The first-order chi connectivity index (χ1) is 11.7. The van der Waals surface area contributed by atoms with Gasteiger partial charge in [-0.05, 0) is 72.0 Å². The summed E-state index contributed by atoms with van der Waals surface area (Å²) in [5, 5.41) is 2.83. The molecule has 134 valence electrons. The minimum atomic E-state index is -3.90. The van der Waals surface area contributed by atoms with Crippen molar-refractivity contribution in [3.8, 4) is 5.75 Å². The molecule has 0 aliphatic rings. The van der Waals surface area contributed by atoms with Gasteiger partial charge in [-0.2, -0.15) is 4.72 Å². The average Bonchev–Trinajstić information content (AvgIpc) is 2.56. The number of hydrogen-bond acceptors (Lipinski definition) is 4. The van der Waals surface area contributed by atoms with Crippen LogP contribution in [0.3, 0.4) is 0 Å². The third-order valence-corrected chi connectivity index (χ3v) is 5.82. The Hall–Kier alpha value is -1.36. The van der Waals surface area contributed by atoms with Crippen molar-refractivity contribution in [1.29, 1.82) is 0 Å². The van der Waals surface area contributed by atoms with E-state index in [0.717, 1.165) is 3.57 Å². The van der Waals surface area contributed by atoms with Crippen molar-refractivity contribution in [3.63, 3.8) is 0 Å². The van der Waals surface area contributed by atoms with E-state index in [1.165, 1.54) is 32.2 Å². The third kappa shape index (κ3) is 5.30. The molecule has 2 aromatic rings. The lowest BCUT2D eigenvalue weighted by Crippen LogP contribution is -2.41. The summed E-state index contributed by atoms with van der Waals surface area (Å²) >= 11 is 8.11. The molecule has 25 heavy (non-hydrogen) atoms. The molecular weight excluding hydrogens is 479 g/mol. The maximum atomic E-state index is 12.4. The number of amides is 1. The lowest BCUT2D eigenvalue weighted by atomic mass is 10.3. The lowest BCUT2D eigenvalue weighted by Gasteiger charge is -2.15. The van der Waals surface area contributed by atoms with Gasteiger partial charge in [0.1, 0.15) is 5.75 Å². The number of methoxy groups -OCH3 is 1. The first kappa shape index (κ1) is 20.0. The topological polar surface area (TPSA) is 84.5 Å². The smallest absolute Gasteiger partial charge is 0.242 e. The standard InChI is InChI=1S/C16H16ClIN2O4S/c1-10(16(21)19-12-5-3-11(18)4-6-12)20-25(22,23)13-7-8-15(24-2)14(17)9-13/h3-10,20H,1-2H3,(H,19,21)/t10-/m1/s1. The van der Waals surface area contributed by atoms with Gasteiger partial charge in [-0.25, -0.2) is 8.42 Å². The largest absolute Gasteiger partial charge is 0.495 e. The highest BCUT2D eigenvalue weighted by molar-refractivity contribution is 14.1. The van der Waals surface area contributed by atoms with Crippen LogP contribution in [0.25, 0.3) is 0 Å². The zero-order valence-electron chi connectivity index (χ0n) is 13.4. The number of halogens is 2. The van der Waals surface area contributed by atoms with Crippen LogP contribution < -0.4 is 14.8 Å². The number of benzene rings is 2. The van der Waals surface area contributed by atoms with Crippen LogP contribution in [0.4, 0.5) is 5.69 Å². The molecule has 2 N–H and O–H groups in total. The van der Waals surface area contributed by atoms with E-state index in [1.807, 2.05) is 12.1 Å². The first-order valence-corrected chi connectivity index (χ1v) is 10.1. The van der Waals surface area contributed by atoms with Crippen LogP contribution in [0.2, 0.25) is 5.02 Å². The van der Waals surface area contributed by atoms with Gasteiger partial charge in [-0.1, -0.05) is 11.6 Å². The van der Waals surface area contributed by atoms with Crippen LogP contribution in [-0.2, 0) is 14.8 Å². The van der Waals surface area contributed by atoms with Gasteiger partial charge in [0.05, 0.1) is 23.1 Å². The maximum absolute atomic E-state index is 12.4. The summed E-state index contributed by atoms with van der Waals surface area (Å²) < 4.78 is 33.2. The molecule has 0 aliphatic heterocycles. The fourth-order valence-corrected chi connectivity index (χ4v) is 3.86. The van der Waals surface area contributed by atoms with Crippen molar-refractivity contribution in [2.45, 2.75) is 17.9 Å². The molecule has 0 heterocycles. The van der Waals surface area contributed by atoms with Gasteiger partial charge in [0.15, 0.2) is 0 Å². The summed E-state index contributed by atoms with van der Waals surface area (Å²) in [6.45, 7) is 1.46. The van der Waals surface area contributed by atoms with Gasteiger partial charge >= 0.3 is 0 Å². The SMILES string of the molecule is COc1ccc(S(=O)(=O)N[C@H](C)C(=O)Nc2ccc(I)cc2)cc1Cl. The predicted molar refractivity (Wildman–Crippen MR) is 106 cm³/mol. The second kappa shape index (κ2) is 8.35. The van der Waals surface area contributed by atoms with E-state index in [-0.39, 0.29) is 9.92 Å². The molecule has 6 nitrogen and oxygen atoms in total. The van der Waals surface area contributed by atoms with Crippen LogP contribution in [0, 0.1) is 3.57 Å². The monoisotopic (exact) mass is 494 g/mol. The summed E-state index contributed by atoms with van der Waals surface area (Å²) in [6.07, 6.45) is 0. The minimum Gasteiger partial charge on any atom is -0.495 e. The molecule has 2 aromatic carbocycles. The van der Waals surface area contributed by atoms with Gasteiger partial charge < -0.3 is 10.1 Å². The molecule has 0 aliphatic carbocycles. The van der Waals surface area contributed by atoms with Crippen molar-refractivity contribution in [3.05, 3.63) is 51.1 Å². The van der Waals surface area contributed by atoms with Crippen molar-refractivity contribution in [2.24, 2.45) is 0 Å². The first-order valence-electron chi connectivity index (χ1n) is 7.15. The zero-order chi connectivity index (χ0) is 18.6. The molecule has 0 saturated heterocycles. The van der Waals surface area contributed by atoms with Crippen molar-refractivity contribution >= 4 is 55.8 Å². The van der Waals surface area contributed by atoms with E-state index in [4.69, 9.17) is 16.3 Å². The maximum Gasteiger partial charge on any atom is 0.242 e. The summed E-state index contributed by atoms with van der Waals surface area (Å²) in [5.74, 6) is -0.102. The van der Waals surface area contributed by atoms with Gasteiger partial charge in [0.25, 0.3) is 0 Å². The second-order valence-electron chi connectivity index (χ2n) is 5.14. The highest BCUT2D eigenvalue weighted by Crippen LogP contribution is 2.27. The van der Waals surface area contributed by atoms with E-state index < -0.39 is 22.0 Å². The van der Waals surface area contributed by atoms with Crippen molar-refractivity contribution in [1.82, 2.24) is 4.72 Å². The van der Waals surface area contributed by atoms with Crippen LogP contribution in [-0.4, -0.2) is 27.5 Å². The molecule has 0 bridgehead atoms. The van der Waals surface area contributed by atoms with Gasteiger partial charge in [-0.15, -0.1) is 0 Å². The Morgan fingerprint density at radius 2 is 1.84 bits per heavy atom. The van der Waals surface area contributed by atoms with Gasteiger partial charge in [-0.3, -0.25) is 4.79 Å². The molecule has 2 rings (SSSR count). The third-order valence-electron chi connectivity index (χ3n) is 3.27. The highest BCUT2D eigenvalue weighted by atomic mass is 127. The van der Waals surface area contributed by atoms with E-state index in [2.05, 4.69) is 32.6 Å². The number of anilines is 1. The van der Waals surface area contributed by atoms with Gasteiger partial charge in [0.2, 0.25) is 15.9 Å². The van der Waals surface area contributed by atoms with Crippen molar-refractivity contribution in [2.75, 3.05) is 12.4 Å². The molecular formula is C16H16ClIN2O4S. The Morgan fingerprint density at radius 3 is 2.40 bits per heavy atom. The molecule has 9 heteroatoms. The fourth-order valence-electron chi connectivity index (χ4n) is 1.95. The van der Waals surface area contributed by atoms with E-state index in [1.54, 1.807) is 12.1 Å². The molecule has 0 saturated carbocycles. The predicted octanol–water partition coefficient (Wildman–Crippen LogP) is 3.26. The number of sulfonamides is 1. The number of rotatable bonds is 6. The molecule has 0 spiro atoms. The number of carbonyl (C=O) groups excluding carboxylic acids is 1. The Balaban J connectivity index is 2.09. The number of carbonyl (C=O) groups is 1. The van der Waals surface area contributed by atoms with E-state index >= 15 is 0 Å². The molecule has 1 amide bonds. The van der Waals surface area contributed by atoms with Crippen LogP contribution in [0.15, 0.2) is 47.4 Å². The van der Waals surface area contributed by atoms with Crippen LogP contribution >= 0.6 is 34.2 Å². The highest BCUT2D eigenvalue weighted by Gasteiger charge is 2.23. The molecule has 0 aromatic heterocycles. The minimum absolute atomic E-state index is 0.0489. The van der Waals surface area contributed by atoms with Crippen molar-refractivity contribution < 1.29 is 17.9 Å². The zero-order valence-corrected chi connectivity index (χ0v) is 17.1. The fraction of sp³-hybridized carbons (Fsp3) is 0.188. The molecule has 0 radical (unpaired) electrons. The number of hydrogen-bond donors (Lipinski definition) is 2. The van der Waals surface area contributed by atoms with E-state index in [0.29, 0.717) is 11.4 Å². The molecule has 0 fully saturated rings. The number of nitrogens with one attached hydrogen (secondary N) is 2. The van der Waals surface area contributed by atoms with Crippen LogP contribution in [0.5, 0.6) is 5.75 Å². The Labute approximate surface area is 165 Å². The summed E-state index contributed by atoms with van der Waals surface area (Å²) in [4.78, 5) is 12.1. The average molecular weight is 495 g/mol. The number of ether oxygens (including phenoxy) is 1. The summed E-state index contributed by atoms with van der Waals surface area (Å²) in [7, 11) is -2.47. The van der Waals surface area contributed by atoms with Crippen LogP contribution in [0.1, 0.15) is 6.92 Å². The Bertz CT molecular complexity index is 872. The molecule has 0 unspecified atom stereocenters. The Morgan fingerprint density at radius 1 is 1.20 bits per heavy atom. The Kier molecular flexibility index (Phi) is 6.66. The summed E-state index contributed by atoms with van der Waals surface area (Å²) in [6, 6.07) is 10.3. The second-order valence-corrected chi connectivity index (χ2v) is 8.50. The lowest BCUT2D eigenvalue weighted by molar-refractivity contribution is -0.117. The van der Waals surface area contributed by atoms with E-state index in [9.17, 15) is 13.2 Å². The summed E-state index contributed by atoms with van der Waals surface area (Å²) in [5.41, 5.74) is 0.587. The molecule has 1 atom stereocenters. The normalized spacial score (nSPS) is 12.5.